The highest BCUT2D eigenvalue weighted by atomic mass is 35.5. The van der Waals surface area contributed by atoms with Crippen molar-refractivity contribution in [2.45, 2.75) is 93.5 Å². The van der Waals surface area contributed by atoms with Gasteiger partial charge in [-0.2, -0.15) is 0 Å². The molecule has 0 aromatic heterocycles. The van der Waals surface area contributed by atoms with Gasteiger partial charge < -0.3 is 15.1 Å². The van der Waals surface area contributed by atoms with Gasteiger partial charge in [-0.25, -0.2) is 4.39 Å². The quantitative estimate of drug-likeness (QED) is 0.346. The molecule has 1 fully saturated rings. The fourth-order valence-electron chi connectivity index (χ4n) is 4.15. The van der Waals surface area contributed by atoms with Crippen molar-refractivity contribution in [2.24, 2.45) is 15.8 Å². The number of hydrogen-bond donors (Lipinski definition) is 1. The van der Waals surface area contributed by atoms with Crippen LogP contribution in [-0.2, 0) is 4.79 Å². The molecule has 1 N–H and O–H groups in total. The summed E-state index contributed by atoms with van der Waals surface area (Å²) in [4.78, 5) is 21.0. The van der Waals surface area contributed by atoms with Gasteiger partial charge in [0.25, 0.3) is 5.91 Å². The third-order valence-corrected chi connectivity index (χ3v) is 7.44. The van der Waals surface area contributed by atoms with Gasteiger partial charge >= 0.3 is 0 Å². The molecule has 0 radical (unpaired) electrons. The fourth-order valence-corrected chi connectivity index (χ4v) is 4.33. The Morgan fingerprint density at radius 1 is 1.22 bits per heavy atom. The Balaban J connectivity index is 0.000000455. The van der Waals surface area contributed by atoms with Crippen LogP contribution in [0.4, 0.5) is 4.39 Å². The van der Waals surface area contributed by atoms with Crippen molar-refractivity contribution in [3.8, 4) is 0 Å². The standard InChI is InChI=1S/C21H32N4O.C7H16.C6H4ClF/c1-7-18-13-22-14-19(25(18)8-2)20(26)24-11-9-10-17(15-24)23-16(3)12-21(4,5)6;1-5-7(3,4)6-2;7-5-2-1-3-6(8)4-5/h7-8,13-14,17,23H,2-3,9-12,15H2,1,4-6H3;5-6H2,1-4H3;1-4H/b18-7-;;. The molecule has 0 aliphatic carbocycles. The van der Waals surface area contributed by atoms with Crippen LogP contribution in [0.25, 0.3) is 0 Å². The minimum absolute atomic E-state index is 0.00552. The van der Waals surface area contributed by atoms with Crippen molar-refractivity contribution >= 4 is 23.7 Å². The monoisotopic (exact) mass is 586 g/mol. The molecule has 2 aliphatic rings. The number of rotatable bonds is 7. The normalized spacial score (nSPS) is 18.0. The van der Waals surface area contributed by atoms with Gasteiger partial charge in [-0.05, 0) is 55.2 Å². The van der Waals surface area contributed by atoms with Crippen molar-refractivity contribution in [3.63, 3.8) is 0 Å². The second-order valence-electron chi connectivity index (χ2n) is 12.4. The van der Waals surface area contributed by atoms with E-state index in [0.29, 0.717) is 22.7 Å². The second kappa shape index (κ2) is 17.2. The summed E-state index contributed by atoms with van der Waals surface area (Å²) in [5.74, 6) is -0.300. The first kappa shape index (κ1) is 36.2. The van der Waals surface area contributed by atoms with Gasteiger partial charge in [0.1, 0.15) is 11.5 Å². The van der Waals surface area contributed by atoms with Crippen molar-refractivity contribution in [1.82, 2.24) is 15.1 Å². The predicted octanol–water partition coefficient (Wildman–Crippen LogP) is 9.10. The molecule has 2 heterocycles. The summed E-state index contributed by atoms with van der Waals surface area (Å²) in [6.07, 6.45) is 12.5. The molecule has 3 rings (SSSR count). The van der Waals surface area contributed by atoms with E-state index in [9.17, 15) is 9.18 Å². The van der Waals surface area contributed by atoms with Gasteiger partial charge in [0.2, 0.25) is 0 Å². The van der Waals surface area contributed by atoms with Gasteiger partial charge in [0, 0.05) is 36.1 Å². The summed E-state index contributed by atoms with van der Waals surface area (Å²) in [5.41, 5.74) is 3.23. The Kier molecular flexibility index (Phi) is 15.2. The zero-order valence-electron chi connectivity index (χ0n) is 26.6. The molecule has 1 saturated heterocycles. The summed E-state index contributed by atoms with van der Waals surface area (Å²) < 4.78 is 12.1. The molecule has 1 unspecified atom stereocenters. The molecule has 2 aliphatic heterocycles. The highest BCUT2D eigenvalue weighted by molar-refractivity contribution is 6.30. The third kappa shape index (κ3) is 13.6. The minimum atomic E-state index is -0.294. The molecular formula is C34H52ClFN4O. The van der Waals surface area contributed by atoms with Crippen molar-refractivity contribution in [1.29, 1.82) is 0 Å². The summed E-state index contributed by atoms with van der Waals surface area (Å²) in [7, 11) is 0. The van der Waals surface area contributed by atoms with E-state index >= 15 is 0 Å². The molecule has 0 spiro atoms. The van der Waals surface area contributed by atoms with E-state index in [-0.39, 0.29) is 23.2 Å². The van der Waals surface area contributed by atoms with E-state index < -0.39 is 0 Å². The van der Waals surface area contributed by atoms with E-state index in [0.717, 1.165) is 37.2 Å². The van der Waals surface area contributed by atoms with Gasteiger partial charge in [-0.1, -0.05) is 98.2 Å². The molecule has 0 bridgehead atoms. The summed E-state index contributed by atoms with van der Waals surface area (Å²) in [6, 6.07) is 6.06. The number of nitrogens with one attached hydrogen (secondary N) is 1. The van der Waals surface area contributed by atoms with E-state index in [1.807, 2.05) is 17.9 Å². The van der Waals surface area contributed by atoms with Crippen LogP contribution in [-0.4, -0.2) is 41.1 Å². The summed E-state index contributed by atoms with van der Waals surface area (Å²) in [5, 5.41) is 3.96. The largest absolute Gasteiger partial charge is 0.384 e. The lowest BCUT2D eigenvalue weighted by molar-refractivity contribution is -0.129. The van der Waals surface area contributed by atoms with Crippen molar-refractivity contribution in [2.75, 3.05) is 13.1 Å². The zero-order chi connectivity index (χ0) is 31.2. The minimum Gasteiger partial charge on any atom is -0.384 e. The number of allylic oxidation sites excluding steroid dienone is 3. The number of piperidine rings is 1. The number of likely N-dealkylation sites (tertiary alicyclic amines) is 1. The summed E-state index contributed by atoms with van der Waals surface area (Å²) >= 11 is 5.40. The topological polar surface area (TPSA) is 47.9 Å². The second-order valence-corrected chi connectivity index (χ2v) is 12.9. The highest BCUT2D eigenvalue weighted by Crippen LogP contribution is 2.25. The molecular weight excluding hydrogens is 535 g/mol. The molecule has 1 aromatic carbocycles. The van der Waals surface area contributed by atoms with Crippen LogP contribution in [0.5, 0.6) is 0 Å². The maximum Gasteiger partial charge on any atom is 0.272 e. The third-order valence-electron chi connectivity index (χ3n) is 7.20. The fraction of sp³-hybridized carbons (Fsp3) is 0.529. The van der Waals surface area contributed by atoms with Crippen molar-refractivity contribution in [3.05, 3.63) is 83.8 Å². The van der Waals surface area contributed by atoms with Gasteiger partial charge in [0.15, 0.2) is 0 Å². The van der Waals surface area contributed by atoms with Crippen LogP contribution < -0.4 is 5.32 Å². The van der Waals surface area contributed by atoms with Crippen LogP contribution in [0.15, 0.2) is 78.0 Å². The predicted molar refractivity (Wildman–Crippen MR) is 174 cm³/mol. The lowest BCUT2D eigenvalue weighted by Crippen LogP contribution is -2.49. The van der Waals surface area contributed by atoms with E-state index in [4.69, 9.17) is 11.6 Å². The van der Waals surface area contributed by atoms with E-state index in [1.165, 1.54) is 25.0 Å². The Morgan fingerprint density at radius 2 is 1.88 bits per heavy atom. The first-order chi connectivity index (χ1) is 19.2. The lowest BCUT2D eigenvalue weighted by atomic mass is 9.88. The van der Waals surface area contributed by atoms with Gasteiger partial charge in [0.05, 0.1) is 18.1 Å². The van der Waals surface area contributed by atoms with Gasteiger partial charge in [-0.3, -0.25) is 9.79 Å². The number of aliphatic imine (C=N–C) groups is 1. The molecule has 228 valence electrons. The van der Waals surface area contributed by atoms with Crippen LogP contribution >= 0.6 is 11.6 Å². The van der Waals surface area contributed by atoms with E-state index in [2.05, 4.69) is 71.9 Å². The number of hydrogen-bond acceptors (Lipinski definition) is 4. The smallest absolute Gasteiger partial charge is 0.272 e. The molecule has 41 heavy (non-hydrogen) atoms. The molecule has 5 nitrogen and oxygen atoms in total. The van der Waals surface area contributed by atoms with Crippen LogP contribution in [0.3, 0.4) is 0 Å². The van der Waals surface area contributed by atoms with Crippen molar-refractivity contribution < 1.29 is 9.18 Å². The first-order valence-corrected chi connectivity index (χ1v) is 15.0. The van der Waals surface area contributed by atoms with Crippen LogP contribution in [0, 0.1) is 16.6 Å². The van der Waals surface area contributed by atoms with Crippen LogP contribution in [0.2, 0.25) is 5.02 Å². The molecule has 1 atom stereocenters. The number of carbonyl (C=O) groups is 1. The number of nitrogens with zero attached hydrogens (tertiary/aromatic N) is 3. The van der Waals surface area contributed by atoms with E-state index in [1.54, 1.807) is 35.6 Å². The number of carbonyl (C=O) groups excluding carboxylic acids is 1. The number of amides is 1. The SMILES string of the molecule is C=CN1C(C(=O)N2CCCC(NC(=C)CC(C)(C)C)C2)=CN=C/C1=C/C.CCC(C)(C)CC.Fc1cccc(Cl)c1. The average Bonchev–Trinajstić information content (AvgIpc) is 2.91. The maximum absolute atomic E-state index is 13.1. The average molecular weight is 587 g/mol. The first-order valence-electron chi connectivity index (χ1n) is 14.6. The van der Waals surface area contributed by atoms with Gasteiger partial charge in [-0.15, -0.1) is 0 Å². The Labute approximate surface area is 253 Å². The van der Waals surface area contributed by atoms with Crippen LogP contribution in [0.1, 0.15) is 87.5 Å². The summed E-state index contributed by atoms with van der Waals surface area (Å²) in [6.45, 7) is 27.1. The number of benzene rings is 1. The molecule has 0 saturated carbocycles. The molecule has 7 heteroatoms. The number of halogens is 2. The lowest BCUT2D eigenvalue weighted by Gasteiger charge is -2.37. The molecule has 1 amide bonds. The Bertz CT molecular complexity index is 1080. The maximum atomic E-state index is 13.1. The highest BCUT2D eigenvalue weighted by Gasteiger charge is 2.29. The Morgan fingerprint density at radius 3 is 2.34 bits per heavy atom. The zero-order valence-corrected chi connectivity index (χ0v) is 27.3. The molecule has 1 aromatic rings. The Hall–Kier alpha value is -2.86.